The zero-order chi connectivity index (χ0) is 10.1. The maximum absolute atomic E-state index is 9.23. The van der Waals surface area contributed by atoms with Gasteiger partial charge in [-0.25, -0.2) is 4.68 Å². The molecular weight excluding hydrogens is 267 g/mol. The molecular formula is C9H6BrClN2O. The van der Waals surface area contributed by atoms with Crippen LogP contribution in [0.5, 0.6) is 5.75 Å². The second kappa shape index (κ2) is 3.63. The second-order valence-electron chi connectivity index (χ2n) is 2.71. The van der Waals surface area contributed by atoms with Gasteiger partial charge in [-0.05, 0) is 24.3 Å². The molecule has 0 radical (unpaired) electrons. The summed E-state index contributed by atoms with van der Waals surface area (Å²) in [5.41, 5.74) is 0.804. The SMILES string of the molecule is Oc1cnn(-c2ccc(Br)cc2)c1Cl. The number of halogens is 2. The van der Waals surface area contributed by atoms with E-state index in [-0.39, 0.29) is 10.9 Å². The Morgan fingerprint density at radius 3 is 2.43 bits per heavy atom. The Morgan fingerprint density at radius 1 is 1.29 bits per heavy atom. The molecule has 72 valence electrons. The van der Waals surface area contributed by atoms with Crippen LogP contribution in [-0.4, -0.2) is 14.9 Å². The summed E-state index contributed by atoms with van der Waals surface area (Å²) < 4.78 is 2.44. The quantitative estimate of drug-likeness (QED) is 0.867. The van der Waals surface area contributed by atoms with Gasteiger partial charge in [0.25, 0.3) is 0 Å². The lowest BCUT2D eigenvalue weighted by Gasteiger charge is -2.02. The van der Waals surface area contributed by atoms with Crippen LogP contribution in [0.4, 0.5) is 0 Å². The average molecular weight is 274 g/mol. The third kappa shape index (κ3) is 1.63. The van der Waals surface area contributed by atoms with Crippen molar-refractivity contribution in [2.24, 2.45) is 0 Å². The molecule has 0 aliphatic heterocycles. The van der Waals surface area contributed by atoms with Crippen molar-refractivity contribution in [2.45, 2.75) is 0 Å². The molecule has 5 heteroatoms. The van der Waals surface area contributed by atoms with Gasteiger partial charge in [-0.15, -0.1) is 0 Å². The highest BCUT2D eigenvalue weighted by Crippen LogP contribution is 2.25. The number of hydrogen-bond acceptors (Lipinski definition) is 2. The highest BCUT2D eigenvalue weighted by atomic mass is 79.9. The third-order valence-electron chi connectivity index (χ3n) is 1.76. The zero-order valence-electron chi connectivity index (χ0n) is 6.98. The Morgan fingerprint density at radius 2 is 1.93 bits per heavy atom. The first kappa shape index (κ1) is 9.55. The van der Waals surface area contributed by atoms with Gasteiger partial charge in [0.2, 0.25) is 0 Å². The Bertz CT molecular complexity index is 452. The first-order valence-electron chi connectivity index (χ1n) is 3.87. The summed E-state index contributed by atoms with van der Waals surface area (Å²) in [5.74, 6) is -0.0189. The number of nitrogens with zero attached hydrogens (tertiary/aromatic N) is 2. The topological polar surface area (TPSA) is 38.1 Å². The minimum Gasteiger partial charge on any atom is -0.504 e. The van der Waals surface area contributed by atoms with Gasteiger partial charge < -0.3 is 5.11 Å². The zero-order valence-corrected chi connectivity index (χ0v) is 9.33. The molecule has 0 spiro atoms. The van der Waals surface area contributed by atoms with Crippen molar-refractivity contribution >= 4 is 27.5 Å². The van der Waals surface area contributed by atoms with E-state index in [1.165, 1.54) is 10.9 Å². The summed E-state index contributed by atoms with van der Waals surface area (Å²) in [6, 6.07) is 7.46. The van der Waals surface area contributed by atoms with E-state index in [0.717, 1.165) is 10.2 Å². The van der Waals surface area contributed by atoms with Gasteiger partial charge in [0.1, 0.15) is 0 Å². The molecule has 1 heterocycles. The Hall–Kier alpha value is -1.000. The van der Waals surface area contributed by atoms with E-state index in [1.807, 2.05) is 24.3 Å². The Kier molecular flexibility index (Phi) is 2.48. The van der Waals surface area contributed by atoms with Gasteiger partial charge >= 0.3 is 0 Å². The van der Waals surface area contributed by atoms with Crippen molar-refractivity contribution in [1.82, 2.24) is 9.78 Å². The van der Waals surface area contributed by atoms with Crippen molar-refractivity contribution in [3.63, 3.8) is 0 Å². The molecule has 1 N–H and O–H groups in total. The fraction of sp³-hybridized carbons (Fsp3) is 0. The van der Waals surface area contributed by atoms with Crippen LogP contribution in [0.1, 0.15) is 0 Å². The molecule has 0 atom stereocenters. The Balaban J connectivity index is 2.49. The van der Waals surface area contributed by atoms with E-state index < -0.39 is 0 Å². The lowest BCUT2D eigenvalue weighted by molar-refractivity contribution is 0.475. The average Bonchev–Trinajstić information content (AvgIpc) is 2.50. The van der Waals surface area contributed by atoms with E-state index in [2.05, 4.69) is 21.0 Å². The predicted octanol–water partition coefficient (Wildman–Crippen LogP) is 2.99. The molecule has 0 unspecified atom stereocenters. The normalized spacial score (nSPS) is 10.4. The van der Waals surface area contributed by atoms with Crippen LogP contribution in [0, 0.1) is 0 Å². The fourth-order valence-corrected chi connectivity index (χ4v) is 1.54. The first-order chi connectivity index (χ1) is 6.68. The number of aromatic nitrogens is 2. The van der Waals surface area contributed by atoms with Crippen molar-refractivity contribution in [3.05, 3.63) is 40.1 Å². The molecule has 0 saturated heterocycles. The van der Waals surface area contributed by atoms with Crippen molar-refractivity contribution in [1.29, 1.82) is 0 Å². The van der Waals surface area contributed by atoms with Crippen LogP contribution in [0.2, 0.25) is 5.15 Å². The van der Waals surface area contributed by atoms with Crippen LogP contribution >= 0.6 is 27.5 Å². The number of rotatable bonds is 1. The predicted molar refractivity (Wildman–Crippen MR) is 57.9 cm³/mol. The van der Waals surface area contributed by atoms with Gasteiger partial charge in [0, 0.05) is 4.47 Å². The highest BCUT2D eigenvalue weighted by molar-refractivity contribution is 9.10. The molecule has 1 aromatic heterocycles. The maximum Gasteiger partial charge on any atom is 0.174 e. The largest absolute Gasteiger partial charge is 0.504 e. The van der Waals surface area contributed by atoms with Crippen LogP contribution in [0.3, 0.4) is 0 Å². The summed E-state index contributed by atoms with van der Waals surface area (Å²) >= 11 is 9.15. The standard InChI is InChI=1S/C9H6BrClN2O/c10-6-1-3-7(4-2-6)13-9(11)8(14)5-12-13/h1-5,14H. The van der Waals surface area contributed by atoms with Crippen LogP contribution in [0.25, 0.3) is 5.69 Å². The first-order valence-corrected chi connectivity index (χ1v) is 5.04. The summed E-state index contributed by atoms with van der Waals surface area (Å²) in [6.07, 6.45) is 1.31. The second-order valence-corrected chi connectivity index (χ2v) is 3.98. The molecule has 14 heavy (non-hydrogen) atoms. The van der Waals surface area contributed by atoms with Crippen LogP contribution in [-0.2, 0) is 0 Å². The monoisotopic (exact) mass is 272 g/mol. The molecule has 2 aromatic rings. The minimum atomic E-state index is -0.0189. The van der Waals surface area contributed by atoms with Crippen LogP contribution < -0.4 is 0 Å². The van der Waals surface area contributed by atoms with Crippen molar-refractivity contribution in [3.8, 4) is 11.4 Å². The molecule has 0 amide bonds. The van der Waals surface area contributed by atoms with E-state index in [4.69, 9.17) is 11.6 Å². The molecule has 0 saturated carbocycles. The summed E-state index contributed by atoms with van der Waals surface area (Å²) in [6.45, 7) is 0. The smallest absolute Gasteiger partial charge is 0.174 e. The van der Waals surface area contributed by atoms with Crippen LogP contribution in [0.15, 0.2) is 34.9 Å². The number of hydrogen-bond donors (Lipinski definition) is 1. The number of aromatic hydroxyl groups is 1. The van der Waals surface area contributed by atoms with E-state index in [9.17, 15) is 5.11 Å². The molecule has 3 nitrogen and oxygen atoms in total. The summed E-state index contributed by atoms with van der Waals surface area (Å²) in [7, 11) is 0. The van der Waals surface area contributed by atoms with Gasteiger partial charge in [0.15, 0.2) is 10.9 Å². The summed E-state index contributed by atoms with van der Waals surface area (Å²) in [5, 5.41) is 13.4. The molecule has 0 aliphatic rings. The minimum absolute atomic E-state index is 0.0189. The maximum atomic E-state index is 9.23. The van der Waals surface area contributed by atoms with Gasteiger partial charge in [-0.3, -0.25) is 0 Å². The fourth-order valence-electron chi connectivity index (χ4n) is 1.09. The lowest BCUT2D eigenvalue weighted by Crippen LogP contribution is -1.95. The van der Waals surface area contributed by atoms with Gasteiger partial charge in [0.05, 0.1) is 11.9 Å². The highest BCUT2D eigenvalue weighted by Gasteiger charge is 2.07. The molecule has 2 rings (SSSR count). The van der Waals surface area contributed by atoms with E-state index in [0.29, 0.717) is 0 Å². The molecule has 1 aromatic carbocycles. The third-order valence-corrected chi connectivity index (χ3v) is 2.65. The number of benzene rings is 1. The van der Waals surface area contributed by atoms with Gasteiger partial charge in [-0.2, -0.15) is 5.10 Å². The van der Waals surface area contributed by atoms with Crippen molar-refractivity contribution in [2.75, 3.05) is 0 Å². The molecule has 0 bridgehead atoms. The van der Waals surface area contributed by atoms with E-state index in [1.54, 1.807) is 0 Å². The van der Waals surface area contributed by atoms with Gasteiger partial charge in [-0.1, -0.05) is 27.5 Å². The molecule has 0 fully saturated rings. The molecule has 0 aliphatic carbocycles. The summed E-state index contributed by atoms with van der Waals surface area (Å²) in [4.78, 5) is 0. The Labute approximate surface area is 94.1 Å². The van der Waals surface area contributed by atoms with E-state index >= 15 is 0 Å². The lowest BCUT2D eigenvalue weighted by atomic mass is 10.3. The van der Waals surface area contributed by atoms with Crippen molar-refractivity contribution < 1.29 is 5.11 Å².